The van der Waals surface area contributed by atoms with Gasteiger partial charge in [-0.2, -0.15) is 10.5 Å². The molecule has 7 nitrogen and oxygen atoms in total. The van der Waals surface area contributed by atoms with Gasteiger partial charge in [-0.15, -0.1) is 0 Å². The summed E-state index contributed by atoms with van der Waals surface area (Å²) in [6.45, 7) is 1.72. The molecule has 0 saturated heterocycles. The fraction of sp³-hybridized carbons (Fsp3) is 0.0909. The molecule has 0 unspecified atom stereocenters. The van der Waals surface area contributed by atoms with Crippen LogP contribution in [0.5, 0.6) is 0 Å². The molecule has 0 fully saturated rings. The molecular formula is C22H17N5O2. The van der Waals surface area contributed by atoms with E-state index in [-0.39, 0.29) is 16.8 Å². The predicted octanol–water partition coefficient (Wildman–Crippen LogP) is 2.90. The third kappa shape index (κ3) is 3.85. The molecule has 2 aromatic carbocycles. The summed E-state index contributed by atoms with van der Waals surface area (Å²) in [7, 11) is 1.72. The fourth-order valence-electron chi connectivity index (χ4n) is 2.86. The van der Waals surface area contributed by atoms with Crippen molar-refractivity contribution < 1.29 is 4.79 Å². The Morgan fingerprint density at radius 1 is 1.07 bits per heavy atom. The number of aromatic nitrogens is 2. The summed E-state index contributed by atoms with van der Waals surface area (Å²) in [5.41, 5.74) is 1.87. The largest absolute Gasteiger partial charge is 0.315 e. The highest BCUT2D eigenvalue weighted by atomic mass is 16.2. The number of hydrogen-bond acceptors (Lipinski definition) is 4. The summed E-state index contributed by atoms with van der Waals surface area (Å²) in [5.74, 6) is -0.678. The van der Waals surface area contributed by atoms with Crippen molar-refractivity contribution in [1.82, 2.24) is 9.36 Å². The molecule has 0 aliphatic carbocycles. The van der Waals surface area contributed by atoms with Gasteiger partial charge in [0.2, 0.25) is 0 Å². The van der Waals surface area contributed by atoms with Gasteiger partial charge in [-0.05, 0) is 42.8 Å². The Morgan fingerprint density at radius 3 is 2.31 bits per heavy atom. The lowest BCUT2D eigenvalue weighted by molar-refractivity contribution is -0.112. The van der Waals surface area contributed by atoms with E-state index in [1.807, 2.05) is 30.3 Å². The monoisotopic (exact) mass is 383 g/mol. The maximum atomic E-state index is 12.9. The minimum absolute atomic E-state index is 0.113. The zero-order valence-electron chi connectivity index (χ0n) is 15.9. The maximum Gasteiger partial charge on any atom is 0.295 e. The van der Waals surface area contributed by atoms with Crippen LogP contribution in [0.15, 0.2) is 65.0 Å². The normalized spacial score (nSPS) is 10.8. The molecule has 0 atom stereocenters. The summed E-state index contributed by atoms with van der Waals surface area (Å²) in [6, 6.07) is 19.4. The van der Waals surface area contributed by atoms with Gasteiger partial charge in [0.1, 0.15) is 17.3 Å². The van der Waals surface area contributed by atoms with Crippen molar-refractivity contribution in [3.05, 3.63) is 87.3 Å². The second kappa shape index (κ2) is 8.12. The first kappa shape index (κ1) is 19.4. The molecule has 0 aliphatic rings. The quantitative estimate of drug-likeness (QED) is 0.552. The van der Waals surface area contributed by atoms with Crippen molar-refractivity contribution in [3.63, 3.8) is 0 Å². The summed E-state index contributed by atoms with van der Waals surface area (Å²) in [6.07, 6.45) is 1.41. The molecule has 3 aromatic rings. The first-order chi connectivity index (χ1) is 14.0. The smallest absolute Gasteiger partial charge is 0.295 e. The van der Waals surface area contributed by atoms with Crippen LogP contribution in [0.3, 0.4) is 0 Å². The Balaban J connectivity index is 1.94. The number of carbonyl (C=O) groups excluding carboxylic acids is 1. The van der Waals surface area contributed by atoms with E-state index in [1.165, 1.54) is 10.8 Å². The number of para-hydroxylation sites is 1. The lowest BCUT2D eigenvalue weighted by Gasteiger charge is -2.07. The molecular weight excluding hydrogens is 366 g/mol. The van der Waals surface area contributed by atoms with Gasteiger partial charge >= 0.3 is 0 Å². The van der Waals surface area contributed by atoms with E-state index in [0.717, 1.165) is 0 Å². The average molecular weight is 383 g/mol. The third-order valence-electron chi connectivity index (χ3n) is 4.51. The van der Waals surface area contributed by atoms with Gasteiger partial charge in [-0.25, -0.2) is 4.68 Å². The third-order valence-corrected chi connectivity index (χ3v) is 4.51. The van der Waals surface area contributed by atoms with E-state index >= 15 is 0 Å². The van der Waals surface area contributed by atoms with Crippen molar-refractivity contribution in [2.45, 2.75) is 6.92 Å². The number of nitriles is 2. The van der Waals surface area contributed by atoms with Crippen molar-refractivity contribution in [2.75, 3.05) is 5.32 Å². The Labute approximate surface area is 167 Å². The summed E-state index contributed by atoms with van der Waals surface area (Å²) < 4.78 is 3.09. The zero-order valence-corrected chi connectivity index (χ0v) is 15.9. The molecule has 0 spiro atoms. The van der Waals surface area contributed by atoms with Crippen LogP contribution >= 0.6 is 0 Å². The molecule has 0 radical (unpaired) electrons. The first-order valence-electron chi connectivity index (χ1n) is 8.73. The van der Waals surface area contributed by atoms with Crippen LogP contribution < -0.4 is 10.9 Å². The molecule has 0 saturated carbocycles. The van der Waals surface area contributed by atoms with Crippen LogP contribution in [0.25, 0.3) is 11.8 Å². The van der Waals surface area contributed by atoms with Crippen LogP contribution in [0.2, 0.25) is 0 Å². The van der Waals surface area contributed by atoms with E-state index < -0.39 is 5.91 Å². The molecule has 1 aromatic heterocycles. The van der Waals surface area contributed by atoms with E-state index in [2.05, 4.69) is 5.32 Å². The number of nitrogens with zero attached hydrogens (tertiary/aromatic N) is 4. The van der Waals surface area contributed by atoms with Crippen LogP contribution in [-0.4, -0.2) is 15.3 Å². The maximum absolute atomic E-state index is 12.9. The number of hydrogen-bond donors (Lipinski definition) is 1. The molecule has 0 aliphatic heterocycles. The molecule has 142 valence electrons. The first-order valence-corrected chi connectivity index (χ1v) is 8.73. The number of amides is 1. The second-order valence-electron chi connectivity index (χ2n) is 6.29. The number of nitrogens with one attached hydrogen (secondary N) is 1. The Morgan fingerprint density at radius 2 is 1.72 bits per heavy atom. The van der Waals surface area contributed by atoms with Crippen molar-refractivity contribution >= 4 is 17.7 Å². The highest BCUT2D eigenvalue weighted by molar-refractivity contribution is 6.09. The van der Waals surface area contributed by atoms with Crippen molar-refractivity contribution in [1.29, 1.82) is 10.5 Å². The lowest BCUT2D eigenvalue weighted by atomic mass is 10.1. The summed E-state index contributed by atoms with van der Waals surface area (Å²) in [5, 5.41) is 20.8. The standard InChI is InChI=1S/C22H17N5O2/c1-15-20(22(29)27(26(15)2)19-6-4-3-5-7-19)25-21(28)18(14-24)12-16-8-10-17(13-23)11-9-16/h3-12H,1-2H3,(H,25,28)/b18-12+. The van der Waals surface area contributed by atoms with Gasteiger partial charge in [0, 0.05) is 7.05 Å². The van der Waals surface area contributed by atoms with Gasteiger partial charge in [0.25, 0.3) is 11.5 Å². The summed E-state index contributed by atoms with van der Waals surface area (Å²) in [4.78, 5) is 25.5. The number of carbonyl (C=O) groups is 1. The van der Waals surface area contributed by atoms with Crippen molar-refractivity contribution in [2.24, 2.45) is 7.05 Å². The number of anilines is 1. The number of benzene rings is 2. The number of rotatable bonds is 4. The minimum atomic E-state index is -0.678. The van der Waals surface area contributed by atoms with E-state index in [9.17, 15) is 14.9 Å². The molecule has 29 heavy (non-hydrogen) atoms. The fourth-order valence-corrected chi connectivity index (χ4v) is 2.86. The lowest BCUT2D eigenvalue weighted by Crippen LogP contribution is -2.23. The van der Waals surface area contributed by atoms with E-state index in [4.69, 9.17) is 5.26 Å². The highest BCUT2D eigenvalue weighted by Crippen LogP contribution is 2.16. The SMILES string of the molecule is Cc1c(NC(=O)/C(C#N)=C/c2ccc(C#N)cc2)c(=O)n(-c2ccccc2)n1C. The van der Waals surface area contributed by atoms with Crippen LogP contribution in [-0.2, 0) is 11.8 Å². The highest BCUT2D eigenvalue weighted by Gasteiger charge is 2.19. The molecule has 1 amide bonds. The molecule has 1 heterocycles. The minimum Gasteiger partial charge on any atom is -0.315 e. The van der Waals surface area contributed by atoms with Gasteiger partial charge in [0.05, 0.1) is 23.0 Å². The van der Waals surface area contributed by atoms with E-state index in [0.29, 0.717) is 22.5 Å². The Kier molecular flexibility index (Phi) is 5.43. The van der Waals surface area contributed by atoms with E-state index in [1.54, 1.807) is 55.1 Å². The van der Waals surface area contributed by atoms with Gasteiger partial charge in [-0.3, -0.25) is 14.3 Å². The van der Waals surface area contributed by atoms with Gasteiger partial charge < -0.3 is 5.32 Å². The molecule has 3 rings (SSSR count). The predicted molar refractivity (Wildman–Crippen MR) is 109 cm³/mol. The molecule has 1 N–H and O–H groups in total. The van der Waals surface area contributed by atoms with Crippen LogP contribution in [0, 0.1) is 29.6 Å². The van der Waals surface area contributed by atoms with Gasteiger partial charge in [0.15, 0.2) is 0 Å². The average Bonchev–Trinajstić information content (AvgIpc) is 2.96. The summed E-state index contributed by atoms with van der Waals surface area (Å²) >= 11 is 0. The Bertz CT molecular complexity index is 1230. The van der Waals surface area contributed by atoms with Crippen molar-refractivity contribution in [3.8, 4) is 17.8 Å². The van der Waals surface area contributed by atoms with Crippen LogP contribution in [0.1, 0.15) is 16.8 Å². The Hall–Kier alpha value is -4.36. The molecule has 0 bridgehead atoms. The van der Waals surface area contributed by atoms with Crippen LogP contribution in [0.4, 0.5) is 5.69 Å². The topological polar surface area (TPSA) is 104 Å². The molecule has 7 heteroatoms. The van der Waals surface area contributed by atoms with Gasteiger partial charge in [-0.1, -0.05) is 30.3 Å². The second-order valence-corrected chi connectivity index (χ2v) is 6.29. The zero-order chi connectivity index (χ0) is 21.0.